The third-order valence-corrected chi connectivity index (χ3v) is 4.59. The van der Waals surface area contributed by atoms with Gasteiger partial charge in [0.25, 0.3) is 0 Å². The van der Waals surface area contributed by atoms with Crippen LogP contribution in [0.2, 0.25) is 0 Å². The predicted octanol–water partition coefficient (Wildman–Crippen LogP) is 3.77. The Hall–Kier alpha value is -2.46. The van der Waals surface area contributed by atoms with Crippen molar-refractivity contribution in [2.24, 2.45) is 0 Å². The number of carbonyl (C=O) groups is 2. The lowest BCUT2D eigenvalue weighted by Gasteiger charge is -2.39. The van der Waals surface area contributed by atoms with E-state index >= 15 is 0 Å². The van der Waals surface area contributed by atoms with Crippen LogP contribution >= 0.6 is 0 Å². The molecule has 2 aromatic rings. The van der Waals surface area contributed by atoms with Crippen LogP contribution in [0.1, 0.15) is 49.8 Å². The van der Waals surface area contributed by atoms with Crippen molar-refractivity contribution in [1.29, 1.82) is 0 Å². The van der Waals surface area contributed by atoms with Gasteiger partial charge in [-0.2, -0.15) is 0 Å². The summed E-state index contributed by atoms with van der Waals surface area (Å²) in [6.07, 6.45) is 2.62. The number of hydrogen-bond donors (Lipinski definition) is 1. The molecule has 2 aromatic carbocycles. The third-order valence-electron chi connectivity index (χ3n) is 4.59. The average molecular weight is 337 g/mol. The van der Waals surface area contributed by atoms with E-state index in [0.717, 1.165) is 24.0 Å². The molecule has 1 aliphatic rings. The van der Waals surface area contributed by atoms with Crippen molar-refractivity contribution in [3.63, 3.8) is 0 Å². The number of benzene rings is 2. The predicted molar refractivity (Wildman–Crippen MR) is 95.8 cm³/mol. The molecule has 1 aliphatic carbocycles. The largest absolute Gasteiger partial charge is 0.436 e. The molecule has 0 aromatic heterocycles. The van der Waals surface area contributed by atoms with Crippen molar-refractivity contribution in [3.05, 3.63) is 71.8 Å². The zero-order valence-corrected chi connectivity index (χ0v) is 14.4. The summed E-state index contributed by atoms with van der Waals surface area (Å²) in [4.78, 5) is 24.4. The molecule has 3 rings (SSSR count). The quantitative estimate of drug-likeness (QED) is 0.666. The smallest absolute Gasteiger partial charge is 0.304 e. The van der Waals surface area contributed by atoms with Gasteiger partial charge < -0.3 is 4.74 Å². The van der Waals surface area contributed by atoms with Crippen molar-refractivity contribution in [2.45, 2.75) is 44.4 Å². The van der Waals surface area contributed by atoms with Crippen LogP contribution < -0.4 is 5.32 Å². The lowest BCUT2D eigenvalue weighted by Crippen LogP contribution is -2.57. The number of nitrogens with one attached hydrogen (secondary N) is 1. The second-order valence-electron chi connectivity index (χ2n) is 6.45. The fourth-order valence-electron chi connectivity index (χ4n) is 3.42. The standard InChI is InChI=1S/C21H23NO3/c1-16(23)25-21(15-9-8-14-19(21)24)22-20(17-10-4-2-5-11-17)18-12-6-3-7-13-18/h2-7,10-13,20,22H,8-9,14-15H2,1H3/t21-/m0/s1. The molecule has 0 radical (unpaired) electrons. The van der Waals surface area contributed by atoms with E-state index in [4.69, 9.17) is 4.74 Å². The van der Waals surface area contributed by atoms with Gasteiger partial charge in [0.2, 0.25) is 5.72 Å². The summed E-state index contributed by atoms with van der Waals surface area (Å²) in [5, 5.41) is 3.39. The molecular weight excluding hydrogens is 314 g/mol. The number of hydrogen-bond acceptors (Lipinski definition) is 4. The van der Waals surface area contributed by atoms with E-state index in [1.165, 1.54) is 6.92 Å². The minimum Gasteiger partial charge on any atom is -0.436 e. The van der Waals surface area contributed by atoms with E-state index in [1.807, 2.05) is 60.7 Å². The van der Waals surface area contributed by atoms with Gasteiger partial charge in [-0.15, -0.1) is 0 Å². The first-order valence-corrected chi connectivity index (χ1v) is 8.71. The highest BCUT2D eigenvalue weighted by Gasteiger charge is 2.44. The first-order valence-electron chi connectivity index (χ1n) is 8.71. The van der Waals surface area contributed by atoms with Crippen molar-refractivity contribution < 1.29 is 14.3 Å². The normalized spacial score (nSPS) is 20.5. The Labute approximate surface area is 148 Å². The van der Waals surface area contributed by atoms with Gasteiger partial charge in [0.05, 0.1) is 6.04 Å². The van der Waals surface area contributed by atoms with Crippen molar-refractivity contribution in [1.82, 2.24) is 5.32 Å². The lowest BCUT2D eigenvalue weighted by molar-refractivity contribution is -0.174. The minimum absolute atomic E-state index is 0.0502. The van der Waals surface area contributed by atoms with Crippen molar-refractivity contribution in [3.8, 4) is 0 Å². The van der Waals surface area contributed by atoms with Gasteiger partial charge in [-0.3, -0.25) is 14.9 Å². The van der Waals surface area contributed by atoms with Gasteiger partial charge in [-0.25, -0.2) is 0 Å². The van der Waals surface area contributed by atoms with E-state index < -0.39 is 11.7 Å². The topological polar surface area (TPSA) is 55.4 Å². The number of rotatable bonds is 5. The first-order chi connectivity index (χ1) is 12.1. The van der Waals surface area contributed by atoms with E-state index in [9.17, 15) is 9.59 Å². The zero-order chi connectivity index (χ0) is 17.7. The van der Waals surface area contributed by atoms with Crippen LogP contribution in [0.3, 0.4) is 0 Å². The molecule has 1 saturated carbocycles. The van der Waals surface area contributed by atoms with E-state index in [2.05, 4.69) is 5.32 Å². The molecule has 25 heavy (non-hydrogen) atoms. The minimum atomic E-state index is -1.25. The fourth-order valence-corrected chi connectivity index (χ4v) is 3.42. The lowest BCUT2D eigenvalue weighted by atomic mass is 9.87. The number of Topliss-reactive ketones (excluding diaryl/α,β-unsaturated/α-hetero) is 1. The van der Waals surface area contributed by atoms with E-state index in [0.29, 0.717) is 12.8 Å². The molecule has 0 amide bonds. The molecule has 1 N–H and O–H groups in total. The number of carbonyl (C=O) groups excluding carboxylic acids is 2. The molecule has 0 unspecified atom stereocenters. The number of esters is 1. The molecule has 0 bridgehead atoms. The van der Waals surface area contributed by atoms with Gasteiger partial charge in [0.1, 0.15) is 0 Å². The summed E-state index contributed by atoms with van der Waals surface area (Å²) >= 11 is 0. The summed E-state index contributed by atoms with van der Waals surface area (Å²) in [6, 6.07) is 19.6. The molecule has 130 valence electrons. The summed E-state index contributed by atoms with van der Waals surface area (Å²) in [6.45, 7) is 1.35. The monoisotopic (exact) mass is 337 g/mol. The van der Waals surface area contributed by atoms with Gasteiger partial charge in [0, 0.05) is 19.8 Å². The maximum Gasteiger partial charge on any atom is 0.304 e. The fraction of sp³-hybridized carbons (Fsp3) is 0.333. The summed E-state index contributed by atoms with van der Waals surface area (Å²) in [5.74, 6) is -0.492. The Balaban J connectivity index is 2.00. The third kappa shape index (κ3) is 3.97. The zero-order valence-electron chi connectivity index (χ0n) is 14.4. The summed E-state index contributed by atoms with van der Waals surface area (Å²) in [7, 11) is 0. The molecule has 1 atom stereocenters. The highest BCUT2D eigenvalue weighted by molar-refractivity contribution is 5.89. The van der Waals surface area contributed by atoms with Crippen molar-refractivity contribution >= 4 is 11.8 Å². The van der Waals surface area contributed by atoms with E-state index in [-0.39, 0.29) is 11.8 Å². The van der Waals surface area contributed by atoms with Crippen LogP contribution in [0, 0.1) is 0 Å². The Morgan fingerprint density at radius 1 is 1.00 bits per heavy atom. The summed E-state index contributed by atoms with van der Waals surface area (Å²) < 4.78 is 5.56. The molecule has 0 spiro atoms. The molecule has 0 aliphatic heterocycles. The maximum absolute atomic E-state index is 12.7. The average Bonchev–Trinajstić information content (AvgIpc) is 2.63. The summed E-state index contributed by atoms with van der Waals surface area (Å²) in [5.41, 5.74) is 0.803. The Kier molecular flexibility index (Phi) is 5.29. The van der Waals surface area contributed by atoms with Gasteiger partial charge in [-0.1, -0.05) is 60.7 Å². The maximum atomic E-state index is 12.7. The molecule has 1 fully saturated rings. The SMILES string of the molecule is CC(=O)O[C@@]1(NC(c2ccccc2)c2ccccc2)CCCCC1=O. The highest BCUT2D eigenvalue weighted by atomic mass is 16.6. The van der Waals surface area contributed by atoms with Crippen LogP contribution in [0.4, 0.5) is 0 Å². The Morgan fingerprint density at radius 3 is 2.04 bits per heavy atom. The molecule has 0 heterocycles. The second-order valence-corrected chi connectivity index (χ2v) is 6.45. The number of ketones is 1. The van der Waals surface area contributed by atoms with Crippen LogP contribution in [0.15, 0.2) is 60.7 Å². The molecule has 4 nitrogen and oxygen atoms in total. The van der Waals surface area contributed by atoms with Gasteiger partial charge in [-0.05, 0) is 24.0 Å². The first kappa shape index (κ1) is 17.4. The van der Waals surface area contributed by atoms with Crippen LogP contribution in [-0.2, 0) is 14.3 Å². The van der Waals surface area contributed by atoms with E-state index in [1.54, 1.807) is 0 Å². The van der Waals surface area contributed by atoms with Crippen molar-refractivity contribution in [2.75, 3.05) is 0 Å². The Bertz CT molecular complexity index is 690. The van der Waals surface area contributed by atoms with Gasteiger partial charge >= 0.3 is 5.97 Å². The second kappa shape index (κ2) is 7.62. The molecular formula is C21H23NO3. The Morgan fingerprint density at radius 2 is 1.56 bits per heavy atom. The van der Waals surface area contributed by atoms with Crippen LogP contribution in [0.5, 0.6) is 0 Å². The molecule has 4 heteroatoms. The van der Waals surface area contributed by atoms with Crippen LogP contribution in [0.25, 0.3) is 0 Å². The van der Waals surface area contributed by atoms with Gasteiger partial charge in [0.15, 0.2) is 5.78 Å². The number of ether oxygens (including phenoxy) is 1. The highest BCUT2D eigenvalue weighted by Crippen LogP contribution is 2.32. The molecule has 0 saturated heterocycles. The van der Waals surface area contributed by atoms with Crippen LogP contribution in [-0.4, -0.2) is 17.5 Å².